The molecule has 208 valence electrons. The summed E-state index contributed by atoms with van der Waals surface area (Å²) >= 11 is 0. The summed E-state index contributed by atoms with van der Waals surface area (Å²) in [6, 6.07) is 27.0. The van der Waals surface area contributed by atoms with Gasteiger partial charge in [-0.25, -0.2) is 4.79 Å². The number of aliphatic carboxylic acids is 1. The van der Waals surface area contributed by atoms with Crippen molar-refractivity contribution in [3.05, 3.63) is 96.1 Å². The number of rotatable bonds is 12. The fourth-order valence-corrected chi connectivity index (χ4v) is 5.26. The van der Waals surface area contributed by atoms with E-state index in [9.17, 15) is 24.3 Å². The Morgan fingerprint density at radius 1 is 0.659 bits per heavy atom. The number of hydrogen-bond acceptors (Lipinski definition) is 4. The zero-order valence-corrected chi connectivity index (χ0v) is 22.5. The first-order valence-electron chi connectivity index (χ1n) is 13.6. The topological polar surface area (TPSA) is 125 Å². The molecule has 0 aromatic heterocycles. The predicted molar refractivity (Wildman–Crippen MR) is 159 cm³/mol. The quantitative estimate of drug-likeness (QED) is 0.176. The lowest BCUT2D eigenvalue weighted by molar-refractivity contribution is -0.141. The van der Waals surface area contributed by atoms with Crippen LogP contribution in [0.5, 0.6) is 0 Å². The Balaban J connectivity index is 1.06. The van der Waals surface area contributed by atoms with Gasteiger partial charge in [0.2, 0.25) is 17.7 Å². The zero-order chi connectivity index (χ0) is 28.8. The maximum absolute atomic E-state index is 12.4. The Morgan fingerprint density at radius 3 is 2.02 bits per heavy atom. The molecule has 8 nitrogen and oxygen atoms in total. The summed E-state index contributed by atoms with van der Waals surface area (Å²) < 4.78 is 0. The van der Waals surface area contributed by atoms with Gasteiger partial charge in [0.15, 0.2) is 0 Å². The largest absolute Gasteiger partial charge is 0.480 e. The molecule has 4 N–H and O–H groups in total. The highest BCUT2D eigenvalue weighted by Crippen LogP contribution is 2.36. The van der Waals surface area contributed by atoms with Crippen molar-refractivity contribution in [2.45, 2.75) is 31.7 Å². The monoisotopic (exact) mass is 549 g/mol. The molecule has 0 radical (unpaired) electrons. The van der Waals surface area contributed by atoms with Gasteiger partial charge < -0.3 is 21.1 Å². The van der Waals surface area contributed by atoms with Crippen LogP contribution in [0.1, 0.15) is 24.0 Å². The van der Waals surface area contributed by atoms with Gasteiger partial charge in [0.1, 0.15) is 6.04 Å². The summed E-state index contributed by atoms with van der Waals surface area (Å²) in [4.78, 5) is 48.2. The molecule has 0 heterocycles. The number of hydrogen-bond donors (Lipinski definition) is 4. The van der Waals surface area contributed by atoms with Gasteiger partial charge in [-0.1, -0.05) is 84.9 Å². The van der Waals surface area contributed by atoms with Gasteiger partial charge in [0.25, 0.3) is 0 Å². The summed E-state index contributed by atoms with van der Waals surface area (Å²) in [6.07, 6.45) is 1.73. The van der Waals surface area contributed by atoms with E-state index in [0.29, 0.717) is 6.42 Å². The number of carboxylic acids is 1. The first-order valence-corrected chi connectivity index (χ1v) is 13.6. The van der Waals surface area contributed by atoms with Crippen molar-refractivity contribution in [1.29, 1.82) is 0 Å². The van der Waals surface area contributed by atoms with E-state index in [2.05, 4.69) is 70.5 Å². The average Bonchev–Trinajstić information content (AvgIpc) is 2.98. The van der Waals surface area contributed by atoms with Crippen molar-refractivity contribution in [1.82, 2.24) is 16.0 Å². The molecular weight excluding hydrogens is 518 g/mol. The minimum Gasteiger partial charge on any atom is -0.480 e. The highest BCUT2D eigenvalue weighted by Gasteiger charge is 2.20. The molecule has 1 unspecified atom stereocenters. The van der Waals surface area contributed by atoms with Gasteiger partial charge in [-0.05, 0) is 56.3 Å². The van der Waals surface area contributed by atoms with E-state index in [0.717, 1.165) is 12.0 Å². The molecule has 0 aliphatic carbocycles. The predicted octanol–water partition coefficient (Wildman–Crippen LogP) is 3.95. The van der Waals surface area contributed by atoms with Crippen LogP contribution in [-0.2, 0) is 32.0 Å². The van der Waals surface area contributed by atoms with Crippen molar-refractivity contribution in [3.8, 4) is 0 Å². The summed E-state index contributed by atoms with van der Waals surface area (Å²) in [7, 11) is 0. The summed E-state index contributed by atoms with van der Waals surface area (Å²) in [5.74, 6) is -2.57. The highest BCUT2D eigenvalue weighted by molar-refractivity contribution is 6.23. The zero-order valence-electron chi connectivity index (χ0n) is 22.5. The lowest BCUT2D eigenvalue weighted by Gasteiger charge is -2.15. The van der Waals surface area contributed by atoms with Crippen LogP contribution >= 0.6 is 0 Å². The normalized spacial score (nSPS) is 11.9. The van der Waals surface area contributed by atoms with Gasteiger partial charge in [0.05, 0.1) is 13.1 Å². The number of carbonyl (C=O) groups is 4. The van der Waals surface area contributed by atoms with E-state index in [4.69, 9.17) is 0 Å². The lowest BCUT2D eigenvalue weighted by atomic mass is 9.90. The molecule has 1 atom stereocenters. The van der Waals surface area contributed by atoms with Crippen LogP contribution in [0.15, 0.2) is 84.9 Å². The van der Waals surface area contributed by atoms with Crippen LogP contribution in [0.2, 0.25) is 0 Å². The molecule has 0 aliphatic rings. The third-order valence-corrected chi connectivity index (χ3v) is 7.28. The minimum atomic E-state index is -1.16. The fourth-order valence-electron chi connectivity index (χ4n) is 5.26. The molecule has 3 amide bonds. The van der Waals surface area contributed by atoms with Crippen molar-refractivity contribution in [2.75, 3.05) is 13.1 Å². The maximum atomic E-state index is 12.4. The summed E-state index contributed by atoms with van der Waals surface area (Å²) in [6.45, 7) is -0.654. The summed E-state index contributed by atoms with van der Waals surface area (Å²) in [5.41, 5.74) is 1.95. The summed E-state index contributed by atoms with van der Waals surface area (Å²) in [5, 5.41) is 24.1. The molecular formula is C33H31N3O5. The number of nitrogens with one attached hydrogen (secondary N) is 3. The van der Waals surface area contributed by atoms with Gasteiger partial charge in [-0.15, -0.1) is 0 Å². The standard InChI is InChI=1S/C33H31N3O5/c37-28(34-19-29(38)35-20-30(39)36-27(33(40)41)18-21-6-2-1-3-7-21)11-5-8-22-12-13-25-15-14-23-9-4-10-24-16-17-26(22)32(25)31(23)24/h1-4,6-7,9-10,12-17,27H,5,8,11,18-20H2,(H,34,37)(H,35,38)(H,36,39)(H,40,41). The minimum absolute atomic E-state index is 0.126. The number of carboxylic acid groups (broad SMARTS) is 1. The molecule has 0 bridgehead atoms. The number of aryl methyl sites for hydroxylation is 1. The molecule has 0 fully saturated rings. The van der Waals surface area contributed by atoms with Crippen LogP contribution in [0.3, 0.4) is 0 Å². The molecule has 0 saturated heterocycles. The van der Waals surface area contributed by atoms with Crippen LogP contribution < -0.4 is 16.0 Å². The number of benzene rings is 5. The molecule has 41 heavy (non-hydrogen) atoms. The Labute approximate surface area is 237 Å². The third kappa shape index (κ3) is 6.61. The molecule has 8 heteroatoms. The Hall–Kier alpha value is -4.98. The van der Waals surface area contributed by atoms with Crippen molar-refractivity contribution >= 4 is 56.0 Å². The van der Waals surface area contributed by atoms with Gasteiger partial charge in [0, 0.05) is 12.8 Å². The van der Waals surface area contributed by atoms with Crippen LogP contribution in [0.25, 0.3) is 32.3 Å². The third-order valence-electron chi connectivity index (χ3n) is 7.28. The number of amides is 3. The maximum Gasteiger partial charge on any atom is 0.326 e. The van der Waals surface area contributed by atoms with Crippen molar-refractivity contribution < 1.29 is 24.3 Å². The van der Waals surface area contributed by atoms with Gasteiger partial charge in [-0.3, -0.25) is 14.4 Å². The first kappa shape index (κ1) is 27.6. The Morgan fingerprint density at radius 2 is 1.29 bits per heavy atom. The van der Waals surface area contributed by atoms with E-state index < -0.39 is 23.8 Å². The fraction of sp³-hybridized carbons (Fsp3) is 0.212. The van der Waals surface area contributed by atoms with Crippen molar-refractivity contribution in [3.63, 3.8) is 0 Å². The molecule has 0 aliphatic heterocycles. The van der Waals surface area contributed by atoms with Crippen LogP contribution in [0.4, 0.5) is 0 Å². The van der Waals surface area contributed by atoms with E-state index >= 15 is 0 Å². The molecule has 0 saturated carbocycles. The smallest absolute Gasteiger partial charge is 0.326 e. The second kappa shape index (κ2) is 12.5. The molecule has 5 rings (SSSR count). The van der Waals surface area contributed by atoms with Crippen LogP contribution in [0, 0.1) is 0 Å². The second-order valence-electron chi connectivity index (χ2n) is 10.1. The van der Waals surface area contributed by atoms with E-state index in [1.54, 1.807) is 24.3 Å². The Kier molecular flexibility index (Phi) is 8.39. The van der Waals surface area contributed by atoms with Gasteiger partial charge in [-0.2, -0.15) is 0 Å². The molecule has 0 spiro atoms. The van der Waals surface area contributed by atoms with Gasteiger partial charge >= 0.3 is 5.97 Å². The first-order chi connectivity index (χ1) is 19.9. The lowest BCUT2D eigenvalue weighted by Crippen LogP contribution is -2.47. The van der Waals surface area contributed by atoms with Crippen LogP contribution in [-0.4, -0.2) is 47.9 Å². The van der Waals surface area contributed by atoms with Crippen molar-refractivity contribution in [2.24, 2.45) is 0 Å². The Bertz CT molecular complexity index is 1700. The van der Waals surface area contributed by atoms with E-state index in [1.165, 1.54) is 37.9 Å². The second-order valence-corrected chi connectivity index (χ2v) is 10.1. The van der Waals surface area contributed by atoms with E-state index in [-0.39, 0.29) is 31.8 Å². The van der Waals surface area contributed by atoms with E-state index in [1.807, 2.05) is 6.07 Å². The molecule has 5 aromatic rings. The highest BCUT2D eigenvalue weighted by atomic mass is 16.4. The number of carbonyl (C=O) groups excluding carboxylic acids is 3. The molecule has 5 aromatic carbocycles. The SMILES string of the molecule is O=C(CCCc1ccc2ccc3cccc4ccc1c2c34)NCC(=O)NCC(=O)NC(Cc1ccccc1)C(=O)O. The average molecular weight is 550 g/mol.